The van der Waals surface area contributed by atoms with Crippen molar-refractivity contribution in [2.75, 3.05) is 12.0 Å². The normalized spacial score (nSPS) is 13.4. The van der Waals surface area contributed by atoms with Crippen LogP contribution in [0.3, 0.4) is 0 Å². The molecule has 0 saturated heterocycles. The van der Waals surface area contributed by atoms with Crippen LogP contribution < -0.4 is 4.72 Å². The van der Waals surface area contributed by atoms with Crippen LogP contribution in [-0.4, -0.2) is 31.6 Å². The van der Waals surface area contributed by atoms with Gasteiger partial charge in [-0.2, -0.15) is 11.8 Å². The summed E-state index contributed by atoms with van der Waals surface area (Å²) in [5.41, 5.74) is -0.0588. The maximum atomic E-state index is 14.0. The van der Waals surface area contributed by atoms with E-state index in [0.717, 1.165) is 5.75 Å². The van der Waals surface area contributed by atoms with Gasteiger partial charge in [0.2, 0.25) is 10.0 Å². The Morgan fingerprint density at radius 1 is 1.50 bits per heavy atom. The van der Waals surface area contributed by atoms with Gasteiger partial charge < -0.3 is 5.11 Å². The number of hydrogen-bond donors (Lipinski definition) is 2. The van der Waals surface area contributed by atoms with Crippen LogP contribution in [0.5, 0.6) is 0 Å². The van der Waals surface area contributed by atoms with E-state index in [1.807, 2.05) is 6.26 Å². The number of hydrogen-bond acceptors (Lipinski definition) is 4. The van der Waals surface area contributed by atoms with Crippen molar-refractivity contribution in [1.29, 1.82) is 0 Å². The Morgan fingerprint density at radius 3 is 2.70 bits per heavy atom. The van der Waals surface area contributed by atoms with Crippen molar-refractivity contribution in [2.24, 2.45) is 0 Å². The summed E-state index contributed by atoms with van der Waals surface area (Å²) in [5.74, 6) is -0.104. The van der Waals surface area contributed by atoms with E-state index in [0.29, 0.717) is 10.9 Å². The molecule has 0 radical (unpaired) electrons. The van der Waals surface area contributed by atoms with Gasteiger partial charge in [-0.3, -0.25) is 0 Å². The molecule has 0 spiro atoms. The van der Waals surface area contributed by atoms with Crippen molar-refractivity contribution in [3.05, 3.63) is 28.0 Å². The fraction of sp³-hybridized carbons (Fsp3) is 0.500. The number of aliphatic hydroxyl groups is 1. The van der Waals surface area contributed by atoms with E-state index < -0.39 is 27.3 Å². The summed E-state index contributed by atoms with van der Waals surface area (Å²) in [6, 6.07) is 2.26. The summed E-state index contributed by atoms with van der Waals surface area (Å²) in [4.78, 5) is -0.452. The molecule has 4 nitrogen and oxygen atoms in total. The molecule has 0 aromatic heterocycles. The first kappa shape index (κ1) is 17.9. The van der Waals surface area contributed by atoms with Crippen LogP contribution in [0.1, 0.15) is 18.9 Å². The molecule has 1 aromatic rings. The summed E-state index contributed by atoms with van der Waals surface area (Å²) in [6.45, 7) is 1.17. The van der Waals surface area contributed by atoms with E-state index in [2.05, 4.69) is 20.7 Å². The van der Waals surface area contributed by atoms with Gasteiger partial charge in [-0.1, -0.05) is 15.9 Å². The molecule has 20 heavy (non-hydrogen) atoms. The van der Waals surface area contributed by atoms with Gasteiger partial charge in [0.25, 0.3) is 0 Å². The minimum atomic E-state index is -3.95. The van der Waals surface area contributed by atoms with E-state index >= 15 is 0 Å². The molecule has 8 heteroatoms. The fourth-order valence-corrected chi connectivity index (χ4v) is 4.28. The van der Waals surface area contributed by atoms with Gasteiger partial charge in [0.15, 0.2) is 0 Å². The Morgan fingerprint density at radius 2 is 2.15 bits per heavy atom. The van der Waals surface area contributed by atoms with E-state index in [4.69, 9.17) is 5.11 Å². The average molecular weight is 386 g/mol. The number of benzene rings is 1. The van der Waals surface area contributed by atoms with E-state index in [9.17, 15) is 12.8 Å². The highest BCUT2D eigenvalue weighted by atomic mass is 79.9. The monoisotopic (exact) mass is 385 g/mol. The highest BCUT2D eigenvalue weighted by molar-refractivity contribution is 9.10. The van der Waals surface area contributed by atoms with Crippen LogP contribution in [0.4, 0.5) is 4.39 Å². The molecule has 0 amide bonds. The molecule has 0 aliphatic carbocycles. The first-order valence-corrected chi connectivity index (χ1v) is 9.59. The second-order valence-electron chi connectivity index (χ2n) is 4.34. The van der Waals surface area contributed by atoms with Gasteiger partial charge in [-0.05, 0) is 37.5 Å². The Balaban J connectivity index is 3.06. The quantitative estimate of drug-likeness (QED) is 0.756. The Bertz CT molecular complexity index is 566. The lowest BCUT2D eigenvalue weighted by atomic mass is 10.2. The molecule has 1 atom stereocenters. The van der Waals surface area contributed by atoms with Crippen LogP contribution in [-0.2, 0) is 16.6 Å². The van der Waals surface area contributed by atoms with Gasteiger partial charge in [0.1, 0.15) is 10.7 Å². The lowest BCUT2D eigenvalue weighted by Gasteiger charge is -2.15. The zero-order chi connectivity index (χ0) is 15.3. The van der Waals surface area contributed by atoms with Gasteiger partial charge in [-0.15, -0.1) is 0 Å². The SMILES string of the molecule is CSCCC(C)NS(=O)(=O)c1cc(Br)cc(CO)c1F. The zero-order valence-electron chi connectivity index (χ0n) is 11.2. The molecule has 1 aromatic carbocycles. The van der Waals surface area contributed by atoms with Crippen molar-refractivity contribution in [3.63, 3.8) is 0 Å². The second-order valence-corrected chi connectivity index (χ2v) is 7.92. The topological polar surface area (TPSA) is 66.4 Å². The highest BCUT2D eigenvalue weighted by Gasteiger charge is 2.23. The molecule has 1 rings (SSSR count). The van der Waals surface area contributed by atoms with Gasteiger partial charge in [0.05, 0.1) is 6.61 Å². The first-order valence-electron chi connectivity index (χ1n) is 5.92. The summed E-state index contributed by atoms with van der Waals surface area (Å²) in [6.07, 6.45) is 2.59. The molecule has 0 heterocycles. The molecular formula is C12H17BrFNO3S2. The third-order valence-electron chi connectivity index (χ3n) is 2.65. The van der Waals surface area contributed by atoms with E-state index in [-0.39, 0.29) is 11.6 Å². The van der Waals surface area contributed by atoms with Crippen LogP contribution in [0, 0.1) is 5.82 Å². The van der Waals surface area contributed by atoms with E-state index in [1.54, 1.807) is 18.7 Å². The van der Waals surface area contributed by atoms with Gasteiger partial charge in [0, 0.05) is 16.1 Å². The predicted molar refractivity (Wildman–Crippen MR) is 82.8 cm³/mol. The number of nitrogens with one attached hydrogen (secondary N) is 1. The van der Waals surface area contributed by atoms with Crippen molar-refractivity contribution in [2.45, 2.75) is 30.9 Å². The highest BCUT2D eigenvalue weighted by Crippen LogP contribution is 2.24. The van der Waals surface area contributed by atoms with E-state index in [1.165, 1.54) is 12.1 Å². The summed E-state index contributed by atoms with van der Waals surface area (Å²) >= 11 is 4.73. The van der Waals surface area contributed by atoms with Gasteiger partial charge >= 0.3 is 0 Å². The standard InChI is InChI=1S/C12H17BrFNO3S2/c1-8(3-4-19-2)15-20(17,18)11-6-10(13)5-9(7-16)12(11)14/h5-6,8,15-16H,3-4,7H2,1-2H3. The summed E-state index contributed by atoms with van der Waals surface area (Å²) < 4.78 is 41.3. The third-order valence-corrected chi connectivity index (χ3v) is 5.34. The second kappa shape index (κ2) is 7.74. The first-order chi connectivity index (χ1) is 9.31. The van der Waals surface area contributed by atoms with Crippen LogP contribution in [0.2, 0.25) is 0 Å². The zero-order valence-corrected chi connectivity index (χ0v) is 14.4. The van der Waals surface area contributed by atoms with Crippen LogP contribution in [0.25, 0.3) is 0 Å². The minimum absolute atomic E-state index is 0.0588. The van der Waals surface area contributed by atoms with Crippen molar-refractivity contribution in [1.82, 2.24) is 4.72 Å². The molecule has 1 unspecified atom stereocenters. The number of halogens is 2. The average Bonchev–Trinajstić information content (AvgIpc) is 2.37. The van der Waals surface area contributed by atoms with Gasteiger partial charge in [-0.25, -0.2) is 17.5 Å². The number of thioether (sulfide) groups is 1. The number of sulfonamides is 1. The lowest BCUT2D eigenvalue weighted by Crippen LogP contribution is -2.33. The van der Waals surface area contributed by atoms with Crippen LogP contribution >= 0.6 is 27.7 Å². The Kier molecular flexibility index (Phi) is 6.93. The molecule has 114 valence electrons. The number of rotatable bonds is 7. The molecule has 0 fully saturated rings. The molecule has 0 bridgehead atoms. The maximum Gasteiger partial charge on any atom is 0.243 e. The maximum absolute atomic E-state index is 14.0. The largest absolute Gasteiger partial charge is 0.392 e. The minimum Gasteiger partial charge on any atom is -0.392 e. The molecule has 0 saturated carbocycles. The van der Waals surface area contributed by atoms with Crippen LogP contribution in [0.15, 0.2) is 21.5 Å². The molecular weight excluding hydrogens is 369 g/mol. The Labute approximate surface area is 131 Å². The lowest BCUT2D eigenvalue weighted by molar-refractivity contribution is 0.274. The Hall–Kier alpha value is -0.150. The smallest absolute Gasteiger partial charge is 0.243 e. The third kappa shape index (κ3) is 4.70. The fourth-order valence-electron chi connectivity index (χ4n) is 1.61. The van der Waals surface area contributed by atoms with Crippen molar-refractivity contribution < 1.29 is 17.9 Å². The number of aliphatic hydroxyl groups excluding tert-OH is 1. The van der Waals surface area contributed by atoms with Crippen molar-refractivity contribution >= 4 is 37.7 Å². The molecule has 0 aliphatic rings. The summed E-state index contributed by atoms with van der Waals surface area (Å²) in [7, 11) is -3.95. The molecule has 2 N–H and O–H groups in total. The molecule has 0 aliphatic heterocycles. The predicted octanol–water partition coefficient (Wildman–Crippen LogP) is 2.50. The van der Waals surface area contributed by atoms with Crippen molar-refractivity contribution in [3.8, 4) is 0 Å². The summed E-state index contributed by atoms with van der Waals surface area (Å²) in [5, 5.41) is 9.05.